The van der Waals surface area contributed by atoms with Crippen LogP contribution in [0.15, 0.2) is 4.99 Å². The van der Waals surface area contributed by atoms with Crippen molar-refractivity contribution in [2.45, 2.75) is 50.4 Å². The summed E-state index contributed by atoms with van der Waals surface area (Å²) in [6.45, 7) is 1.51. The normalized spacial score (nSPS) is 14.5. The number of aliphatic carboxylic acids is 1. The number of thiol groups is 1. The number of hydrogen-bond acceptors (Lipinski definition) is 8. The van der Waals surface area contributed by atoms with Gasteiger partial charge in [-0.2, -0.15) is 24.4 Å². The van der Waals surface area contributed by atoms with E-state index < -0.39 is 47.9 Å². The summed E-state index contributed by atoms with van der Waals surface area (Å²) in [6, 6.07) is -4.02. The minimum atomic E-state index is -1.22. The highest BCUT2D eigenvalue weighted by Crippen LogP contribution is 2.03. The Kier molecular flexibility index (Phi) is 14.5. The van der Waals surface area contributed by atoms with Crippen molar-refractivity contribution in [2.75, 3.05) is 24.3 Å². The molecule has 0 aromatic rings. The van der Waals surface area contributed by atoms with Crippen LogP contribution in [0.5, 0.6) is 0 Å². The Morgan fingerprint density at radius 3 is 2.13 bits per heavy atom. The summed E-state index contributed by atoms with van der Waals surface area (Å²) < 4.78 is 0. The molecule has 0 radical (unpaired) electrons. The molecule has 0 aromatic heterocycles. The van der Waals surface area contributed by atoms with E-state index >= 15 is 0 Å². The van der Waals surface area contributed by atoms with Crippen LogP contribution < -0.4 is 33.2 Å². The first-order valence-electron chi connectivity index (χ1n) is 9.58. The quantitative estimate of drug-likeness (QED) is 0.0543. The number of carboxylic acid groups (broad SMARTS) is 1. The second kappa shape index (κ2) is 15.6. The second-order valence-electron chi connectivity index (χ2n) is 6.71. The van der Waals surface area contributed by atoms with E-state index in [1.54, 1.807) is 11.8 Å². The summed E-state index contributed by atoms with van der Waals surface area (Å²) in [7, 11) is 0. The van der Waals surface area contributed by atoms with Gasteiger partial charge in [0, 0.05) is 12.3 Å². The minimum absolute atomic E-state index is 0.0271. The number of aliphatic imine (C=N–C) groups is 1. The standard InChI is InChI=1S/C17H33N7O5S2/c1-9(16(28)29)22-14(26)11(4-3-6-21-17(19)20)23-15(27)12(8-30)24-13(25)10(18)5-7-31-2/h9-12,30H,3-8,18H2,1-2H3,(H,22,26)(H,23,27)(H,24,25)(H,28,29)(H4,19,20,21). The lowest BCUT2D eigenvalue weighted by Crippen LogP contribution is -2.57. The monoisotopic (exact) mass is 479 g/mol. The lowest BCUT2D eigenvalue weighted by Gasteiger charge is -2.24. The number of hydrogen-bond donors (Lipinski definition) is 8. The Bertz CT molecular complexity index is 646. The molecule has 0 aliphatic carbocycles. The van der Waals surface area contributed by atoms with Crippen LogP contribution in [0.4, 0.5) is 0 Å². The third kappa shape index (κ3) is 12.3. The van der Waals surface area contributed by atoms with Gasteiger partial charge in [0.1, 0.15) is 18.1 Å². The van der Waals surface area contributed by atoms with E-state index in [1.807, 2.05) is 6.26 Å². The summed E-state index contributed by atoms with van der Waals surface area (Å²) in [5.41, 5.74) is 16.3. The Balaban J connectivity index is 5.13. The highest BCUT2D eigenvalue weighted by atomic mass is 32.2. The molecular formula is C17H33N7O5S2. The van der Waals surface area contributed by atoms with E-state index in [-0.39, 0.29) is 24.7 Å². The second-order valence-corrected chi connectivity index (χ2v) is 8.06. The van der Waals surface area contributed by atoms with Crippen LogP contribution in [0, 0.1) is 0 Å². The van der Waals surface area contributed by atoms with Gasteiger partial charge in [0.05, 0.1) is 6.04 Å². The van der Waals surface area contributed by atoms with Crippen LogP contribution in [-0.2, 0) is 19.2 Å². The van der Waals surface area contributed by atoms with Crippen LogP contribution in [-0.4, -0.2) is 83.2 Å². The average molecular weight is 480 g/mol. The highest BCUT2D eigenvalue weighted by molar-refractivity contribution is 7.98. The van der Waals surface area contributed by atoms with Gasteiger partial charge in [-0.25, -0.2) is 0 Å². The van der Waals surface area contributed by atoms with Crippen molar-refractivity contribution >= 4 is 54.0 Å². The number of carboxylic acids is 1. The van der Waals surface area contributed by atoms with E-state index in [2.05, 4.69) is 33.6 Å². The molecule has 0 aromatic carbocycles. The van der Waals surface area contributed by atoms with E-state index in [9.17, 15) is 19.2 Å². The van der Waals surface area contributed by atoms with Crippen LogP contribution in [0.1, 0.15) is 26.2 Å². The Morgan fingerprint density at radius 2 is 1.61 bits per heavy atom. The van der Waals surface area contributed by atoms with Crippen molar-refractivity contribution in [3.05, 3.63) is 0 Å². The fourth-order valence-corrected chi connectivity index (χ4v) is 3.02. The minimum Gasteiger partial charge on any atom is -0.480 e. The van der Waals surface area contributed by atoms with Crippen LogP contribution in [0.3, 0.4) is 0 Å². The molecule has 14 heteroatoms. The maximum Gasteiger partial charge on any atom is 0.325 e. The number of rotatable bonds is 15. The number of carbonyl (C=O) groups is 4. The van der Waals surface area contributed by atoms with Gasteiger partial charge in [0.25, 0.3) is 0 Å². The molecule has 0 heterocycles. The van der Waals surface area contributed by atoms with Gasteiger partial charge in [-0.3, -0.25) is 24.2 Å². The van der Waals surface area contributed by atoms with Crippen LogP contribution in [0.25, 0.3) is 0 Å². The largest absolute Gasteiger partial charge is 0.480 e. The van der Waals surface area contributed by atoms with Crippen LogP contribution >= 0.6 is 24.4 Å². The molecular weight excluding hydrogens is 446 g/mol. The maximum atomic E-state index is 12.6. The van der Waals surface area contributed by atoms with Gasteiger partial charge >= 0.3 is 5.97 Å². The lowest BCUT2D eigenvalue weighted by molar-refractivity contribution is -0.141. The lowest BCUT2D eigenvalue weighted by atomic mass is 10.1. The predicted octanol–water partition coefficient (Wildman–Crippen LogP) is -2.39. The molecule has 0 spiro atoms. The number of nitrogens with zero attached hydrogens (tertiary/aromatic N) is 1. The maximum absolute atomic E-state index is 12.6. The summed E-state index contributed by atoms with van der Waals surface area (Å²) in [5, 5.41) is 16.3. The van der Waals surface area contributed by atoms with E-state index in [0.29, 0.717) is 18.6 Å². The highest BCUT2D eigenvalue weighted by Gasteiger charge is 2.28. The van der Waals surface area contributed by atoms with Crippen molar-refractivity contribution in [1.82, 2.24) is 16.0 Å². The molecule has 0 saturated carbocycles. The summed E-state index contributed by atoms with van der Waals surface area (Å²) in [6.07, 6.45) is 2.81. The Hall–Kier alpha value is -2.19. The Morgan fingerprint density at radius 1 is 1.03 bits per heavy atom. The zero-order valence-corrected chi connectivity index (χ0v) is 19.4. The molecule has 12 nitrogen and oxygen atoms in total. The fraction of sp³-hybridized carbons (Fsp3) is 0.706. The van der Waals surface area contributed by atoms with Gasteiger partial charge < -0.3 is 38.3 Å². The molecule has 0 bridgehead atoms. The number of nitrogens with two attached hydrogens (primary N) is 3. The van der Waals surface area contributed by atoms with Crippen molar-refractivity contribution < 1.29 is 24.3 Å². The van der Waals surface area contributed by atoms with Gasteiger partial charge in [-0.1, -0.05) is 0 Å². The summed E-state index contributed by atoms with van der Waals surface area (Å²) in [4.78, 5) is 52.1. The van der Waals surface area contributed by atoms with E-state index in [1.165, 1.54) is 6.92 Å². The number of amides is 3. The summed E-state index contributed by atoms with van der Waals surface area (Å²) in [5.74, 6) is -2.51. The van der Waals surface area contributed by atoms with Crippen molar-refractivity contribution in [2.24, 2.45) is 22.2 Å². The zero-order valence-electron chi connectivity index (χ0n) is 17.7. The molecule has 31 heavy (non-hydrogen) atoms. The number of nitrogens with one attached hydrogen (secondary N) is 3. The third-order valence-electron chi connectivity index (χ3n) is 4.09. The number of carbonyl (C=O) groups excluding carboxylic acids is 3. The third-order valence-corrected chi connectivity index (χ3v) is 5.10. The molecule has 178 valence electrons. The summed E-state index contributed by atoms with van der Waals surface area (Å²) >= 11 is 5.63. The first-order chi connectivity index (χ1) is 14.5. The fourth-order valence-electron chi connectivity index (χ4n) is 2.27. The van der Waals surface area contributed by atoms with Crippen molar-refractivity contribution in [1.29, 1.82) is 0 Å². The van der Waals surface area contributed by atoms with Crippen molar-refractivity contribution in [3.8, 4) is 0 Å². The zero-order chi connectivity index (χ0) is 24.0. The SMILES string of the molecule is CSCCC(N)C(=O)NC(CS)C(=O)NC(CCCN=C(N)N)C(=O)NC(C)C(=O)O. The molecule has 4 atom stereocenters. The van der Waals surface area contributed by atoms with Gasteiger partial charge in [0.2, 0.25) is 17.7 Å². The number of thioether (sulfide) groups is 1. The van der Waals surface area contributed by atoms with Gasteiger partial charge in [-0.15, -0.1) is 0 Å². The van der Waals surface area contributed by atoms with Gasteiger partial charge in [0.15, 0.2) is 5.96 Å². The number of guanidine groups is 1. The molecule has 0 saturated heterocycles. The van der Waals surface area contributed by atoms with Crippen LogP contribution in [0.2, 0.25) is 0 Å². The molecule has 10 N–H and O–H groups in total. The molecule has 0 aliphatic heterocycles. The molecule has 0 fully saturated rings. The molecule has 0 aliphatic rings. The smallest absolute Gasteiger partial charge is 0.325 e. The molecule has 4 unspecified atom stereocenters. The molecule has 3 amide bonds. The first-order valence-corrected chi connectivity index (χ1v) is 11.6. The van der Waals surface area contributed by atoms with E-state index in [4.69, 9.17) is 22.3 Å². The van der Waals surface area contributed by atoms with Crippen molar-refractivity contribution in [3.63, 3.8) is 0 Å². The first kappa shape index (κ1) is 28.8. The van der Waals surface area contributed by atoms with E-state index in [0.717, 1.165) is 0 Å². The van der Waals surface area contributed by atoms with Gasteiger partial charge in [-0.05, 0) is 38.2 Å². The average Bonchev–Trinajstić information content (AvgIpc) is 2.71. The predicted molar refractivity (Wildman–Crippen MR) is 124 cm³/mol. The Labute approximate surface area is 191 Å². The topological polar surface area (TPSA) is 215 Å². The molecule has 0 rings (SSSR count).